The molecule has 3 aromatic rings. The molecule has 0 fully saturated rings. The maximum atomic E-state index is 12.0. The minimum Gasteiger partial charge on any atom is -0.456 e. The van der Waals surface area contributed by atoms with E-state index in [1.165, 1.54) is 17.7 Å². The summed E-state index contributed by atoms with van der Waals surface area (Å²) >= 11 is 7.69. The number of halogens is 1. The number of nitrogens with zero attached hydrogens (tertiary/aromatic N) is 2. The van der Waals surface area contributed by atoms with Gasteiger partial charge in [-0.15, -0.1) is 11.3 Å². The van der Waals surface area contributed by atoms with Gasteiger partial charge in [0.25, 0.3) is 0 Å². The highest BCUT2D eigenvalue weighted by Crippen LogP contribution is 2.32. The fourth-order valence-corrected chi connectivity index (χ4v) is 3.39. The Bertz CT molecular complexity index is 901. The lowest BCUT2D eigenvalue weighted by atomic mass is 10.1. The molecule has 0 saturated carbocycles. The van der Waals surface area contributed by atoms with E-state index in [4.69, 9.17) is 16.3 Å². The van der Waals surface area contributed by atoms with Crippen LogP contribution < -0.4 is 5.32 Å². The first-order valence-electron chi connectivity index (χ1n) is 7.77. The van der Waals surface area contributed by atoms with Gasteiger partial charge in [-0.2, -0.15) is 0 Å². The summed E-state index contributed by atoms with van der Waals surface area (Å²) in [5, 5.41) is 6.60. The van der Waals surface area contributed by atoms with E-state index in [0.29, 0.717) is 22.9 Å². The van der Waals surface area contributed by atoms with E-state index in [9.17, 15) is 4.79 Å². The van der Waals surface area contributed by atoms with Crippen LogP contribution in [0.3, 0.4) is 0 Å². The van der Waals surface area contributed by atoms with Crippen LogP contribution in [0.25, 0.3) is 10.2 Å². The number of ether oxygens (including phenoxy) is 1. The molecule has 25 heavy (non-hydrogen) atoms. The van der Waals surface area contributed by atoms with Gasteiger partial charge in [-0.1, -0.05) is 23.7 Å². The maximum Gasteiger partial charge on any atom is 0.338 e. The summed E-state index contributed by atoms with van der Waals surface area (Å²) in [4.78, 5) is 21.4. The van der Waals surface area contributed by atoms with Crippen LogP contribution in [0, 0.1) is 0 Å². The molecule has 0 saturated heterocycles. The molecule has 0 radical (unpaired) electrons. The van der Waals surface area contributed by atoms with Crippen molar-refractivity contribution in [3.8, 4) is 0 Å². The number of carbonyl (C=O) groups is 1. The van der Waals surface area contributed by atoms with Gasteiger partial charge in [-0.3, -0.25) is 0 Å². The average molecular weight is 376 g/mol. The van der Waals surface area contributed by atoms with Crippen molar-refractivity contribution < 1.29 is 9.53 Å². The number of hydrogen-bond donors (Lipinski definition) is 1. The molecule has 5 nitrogen and oxygen atoms in total. The first-order chi connectivity index (χ1) is 11.8. The third kappa shape index (κ3) is 4.27. The summed E-state index contributed by atoms with van der Waals surface area (Å²) < 4.78 is 5.36. The lowest BCUT2D eigenvalue weighted by Crippen LogP contribution is -2.23. The van der Waals surface area contributed by atoms with E-state index < -0.39 is 5.60 Å². The van der Waals surface area contributed by atoms with Crippen molar-refractivity contribution >= 4 is 44.9 Å². The number of rotatable bonds is 4. The Morgan fingerprint density at radius 1 is 1.24 bits per heavy atom. The molecule has 2 heterocycles. The van der Waals surface area contributed by atoms with Crippen LogP contribution in [0.4, 0.5) is 5.82 Å². The molecule has 0 amide bonds. The first-order valence-corrected chi connectivity index (χ1v) is 9.03. The smallest absolute Gasteiger partial charge is 0.338 e. The number of hydrogen-bond acceptors (Lipinski definition) is 6. The SMILES string of the molecule is CC(C)(C)OC(=O)c1ccc(CNc2ncnc3scc(Cl)c23)cc1. The molecule has 1 aromatic carbocycles. The van der Waals surface area contributed by atoms with Gasteiger partial charge in [-0.05, 0) is 38.5 Å². The minimum absolute atomic E-state index is 0.324. The molecule has 0 spiro atoms. The molecule has 0 unspecified atom stereocenters. The first kappa shape index (κ1) is 17.6. The molecular formula is C18H18ClN3O2S. The van der Waals surface area contributed by atoms with E-state index >= 15 is 0 Å². The van der Waals surface area contributed by atoms with Gasteiger partial charge in [0.1, 0.15) is 22.6 Å². The third-order valence-corrected chi connectivity index (χ3v) is 4.69. The molecule has 1 N–H and O–H groups in total. The van der Waals surface area contributed by atoms with E-state index in [2.05, 4.69) is 15.3 Å². The number of benzene rings is 1. The molecular weight excluding hydrogens is 358 g/mol. The van der Waals surface area contributed by atoms with Crippen LogP contribution in [0.2, 0.25) is 5.02 Å². The van der Waals surface area contributed by atoms with Crippen molar-refractivity contribution in [2.24, 2.45) is 0 Å². The Labute approximate surface area is 155 Å². The Morgan fingerprint density at radius 2 is 1.96 bits per heavy atom. The van der Waals surface area contributed by atoms with Crippen molar-refractivity contribution in [1.29, 1.82) is 0 Å². The summed E-state index contributed by atoms with van der Waals surface area (Å²) in [5.74, 6) is 0.377. The van der Waals surface area contributed by atoms with Crippen LogP contribution in [-0.2, 0) is 11.3 Å². The van der Waals surface area contributed by atoms with Gasteiger partial charge in [-0.25, -0.2) is 14.8 Å². The van der Waals surface area contributed by atoms with Crippen molar-refractivity contribution in [1.82, 2.24) is 9.97 Å². The van der Waals surface area contributed by atoms with Crippen LogP contribution in [-0.4, -0.2) is 21.5 Å². The van der Waals surface area contributed by atoms with Gasteiger partial charge in [0.15, 0.2) is 0 Å². The summed E-state index contributed by atoms with van der Waals surface area (Å²) in [6, 6.07) is 7.30. The zero-order valence-corrected chi connectivity index (χ0v) is 15.7. The van der Waals surface area contributed by atoms with Gasteiger partial charge >= 0.3 is 5.97 Å². The standard InChI is InChI=1S/C18H18ClN3O2S/c1-18(2,3)24-17(23)12-6-4-11(5-7-12)8-20-15-14-13(19)9-25-16(14)22-10-21-15/h4-7,9-10H,8H2,1-3H3,(H,20,21,22). The number of carbonyl (C=O) groups excluding carboxylic acids is 1. The topological polar surface area (TPSA) is 64.1 Å². The Kier molecular flexibility index (Phi) is 4.92. The molecule has 0 aliphatic heterocycles. The predicted octanol–water partition coefficient (Wildman–Crippen LogP) is 4.91. The fourth-order valence-electron chi connectivity index (χ4n) is 2.26. The third-order valence-electron chi connectivity index (χ3n) is 3.37. The highest BCUT2D eigenvalue weighted by Gasteiger charge is 2.17. The Morgan fingerprint density at radius 3 is 2.64 bits per heavy atom. The predicted molar refractivity (Wildman–Crippen MR) is 101 cm³/mol. The molecule has 0 aliphatic carbocycles. The van der Waals surface area contributed by atoms with Crippen LogP contribution in [0.15, 0.2) is 36.0 Å². The molecule has 2 aromatic heterocycles. The number of fused-ring (bicyclic) bond motifs is 1. The highest BCUT2D eigenvalue weighted by atomic mass is 35.5. The maximum absolute atomic E-state index is 12.0. The highest BCUT2D eigenvalue weighted by molar-refractivity contribution is 7.17. The summed E-state index contributed by atoms with van der Waals surface area (Å²) in [7, 11) is 0. The van der Waals surface area contributed by atoms with E-state index in [0.717, 1.165) is 15.8 Å². The van der Waals surface area contributed by atoms with Gasteiger partial charge in [0.05, 0.1) is 16.0 Å². The summed E-state index contributed by atoms with van der Waals surface area (Å²) in [6.07, 6.45) is 1.52. The van der Waals surface area contributed by atoms with Crippen molar-refractivity contribution in [3.05, 3.63) is 52.1 Å². The monoisotopic (exact) mass is 375 g/mol. The number of esters is 1. The summed E-state index contributed by atoms with van der Waals surface area (Å²) in [6.45, 7) is 6.11. The van der Waals surface area contributed by atoms with Crippen molar-refractivity contribution in [3.63, 3.8) is 0 Å². The Balaban J connectivity index is 1.69. The second kappa shape index (κ2) is 6.98. The van der Waals surface area contributed by atoms with Crippen LogP contribution in [0.1, 0.15) is 36.7 Å². The zero-order chi connectivity index (χ0) is 18.0. The zero-order valence-electron chi connectivity index (χ0n) is 14.2. The molecule has 0 bridgehead atoms. The molecule has 7 heteroatoms. The van der Waals surface area contributed by atoms with Gasteiger partial charge < -0.3 is 10.1 Å². The number of aromatic nitrogens is 2. The number of nitrogens with one attached hydrogen (secondary N) is 1. The van der Waals surface area contributed by atoms with Crippen molar-refractivity contribution in [2.75, 3.05) is 5.32 Å². The van der Waals surface area contributed by atoms with Crippen LogP contribution in [0.5, 0.6) is 0 Å². The molecule has 0 atom stereocenters. The number of thiophene rings is 1. The van der Waals surface area contributed by atoms with Gasteiger partial charge in [0.2, 0.25) is 0 Å². The van der Waals surface area contributed by atoms with Crippen molar-refractivity contribution in [2.45, 2.75) is 32.9 Å². The minimum atomic E-state index is -0.504. The normalized spacial score (nSPS) is 11.5. The van der Waals surface area contributed by atoms with E-state index in [1.807, 2.05) is 38.3 Å². The second-order valence-electron chi connectivity index (χ2n) is 6.54. The quantitative estimate of drug-likeness (QED) is 0.656. The molecule has 0 aliphatic rings. The largest absolute Gasteiger partial charge is 0.456 e. The fraction of sp³-hybridized carbons (Fsp3) is 0.278. The lowest BCUT2D eigenvalue weighted by Gasteiger charge is -2.19. The summed E-state index contributed by atoms with van der Waals surface area (Å²) in [5.41, 5.74) is 1.05. The number of anilines is 1. The van der Waals surface area contributed by atoms with E-state index in [-0.39, 0.29) is 5.97 Å². The average Bonchev–Trinajstić information content (AvgIpc) is 2.94. The van der Waals surface area contributed by atoms with Crippen LogP contribution >= 0.6 is 22.9 Å². The molecule has 3 rings (SSSR count). The van der Waals surface area contributed by atoms with E-state index in [1.54, 1.807) is 12.1 Å². The van der Waals surface area contributed by atoms with Gasteiger partial charge in [0, 0.05) is 11.9 Å². The lowest BCUT2D eigenvalue weighted by molar-refractivity contribution is 0.00695. The Hall–Kier alpha value is -2.18. The molecule has 130 valence electrons. The second-order valence-corrected chi connectivity index (χ2v) is 7.80.